The minimum absolute atomic E-state index is 0.0807. The van der Waals surface area contributed by atoms with Crippen LogP contribution in [0.5, 0.6) is 0 Å². The van der Waals surface area contributed by atoms with E-state index in [1.807, 2.05) is 0 Å². The number of nitrogens with one attached hydrogen (secondary N) is 1. The first-order valence-electron chi connectivity index (χ1n) is 9.14. The van der Waals surface area contributed by atoms with E-state index < -0.39 is 11.0 Å². The largest absolute Gasteiger partial charge is 0.450 e. The fourth-order valence-electron chi connectivity index (χ4n) is 3.00. The molecule has 1 aliphatic rings. The molecule has 3 rings (SSSR count). The molecule has 2 aromatic rings. The maximum absolute atomic E-state index is 13.0. The second kappa shape index (κ2) is 9.13. The van der Waals surface area contributed by atoms with Gasteiger partial charge in [-0.1, -0.05) is 12.1 Å². The highest BCUT2D eigenvalue weighted by Crippen LogP contribution is 2.32. The summed E-state index contributed by atoms with van der Waals surface area (Å²) in [5, 5.41) is 14.7. The van der Waals surface area contributed by atoms with Crippen LogP contribution in [0, 0.1) is 15.9 Å². The molecule has 1 fully saturated rings. The van der Waals surface area contributed by atoms with Gasteiger partial charge in [0.05, 0.1) is 11.5 Å². The Kier molecular flexibility index (Phi) is 6.37. The van der Waals surface area contributed by atoms with Crippen molar-refractivity contribution >= 4 is 23.4 Å². The summed E-state index contributed by atoms with van der Waals surface area (Å²) in [4.78, 5) is 34.4. The third-order valence-corrected chi connectivity index (χ3v) is 4.46. The Labute approximate surface area is 166 Å². The molecule has 1 aliphatic heterocycles. The number of hydrogen-bond donors (Lipinski definition) is 1. The summed E-state index contributed by atoms with van der Waals surface area (Å²) in [6.07, 6.45) is 0.860. The minimum Gasteiger partial charge on any atom is -0.450 e. The van der Waals surface area contributed by atoms with Crippen molar-refractivity contribution in [3.63, 3.8) is 0 Å². The molecule has 1 aromatic heterocycles. The quantitative estimate of drug-likeness (QED) is 0.577. The molecule has 0 saturated carbocycles. The first kappa shape index (κ1) is 20.2. The lowest BCUT2D eigenvalue weighted by atomic mass is 10.2. The molecule has 0 atom stereocenters. The Hall–Kier alpha value is -3.50. The van der Waals surface area contributed by atoms with Crippen LogP contribution in [0.2, 0.25) is 0 Å². The number of nitrogens with zero attached hydrogens (tertiary/aromatic N) is 5. The fraction of sp³-hybridized carbons (Fsp3) is 0.389. The number of carbonyl (C=O) groups is 1. The summed E-state index contributed by atoms with van der Waals surface area (Å²) in [5.74, 6) is -0.0849. The van der Waals surface area contributed by atoms with Crippen LogP contribution in [0.3, 0.4) is 0 Å². The molecule has 29 heavy (non-hydrogen) atoms. The highest BCUT2D eigenvalue weighted by Gasteiger charge is 2.30. The van der Waals surface area contributed by atoms with E-state index in [9.17, 15) is 19.3 Å². The van der Waals surface area contributed by atoms with Crippen molar-refractivity contribution in [1.82, 2.24) is 14.9 Å². The number of carbonyl (C=O) groups excluding carboxylic acids is 1. The van der Waals surface area contributed by atoms with Crippen LogP contribution in [0.1, 0.15) is 12.5 Å². The van der Waals surface area contributed by atoms with Crippen molar-refractivity contribution in [2.75, 3.05) is 43.0 Å². The lowest BCUT2D eigenvalue weighted by molar-refractivity contribution is -0.383. The standard InChI is InChI=1S/C18H21FN6O4/c1-2-29-18(26)24-9-7-23(8-10-24)17-15(25(27)28)16(21-12-22-17)20-11-13-3-5-14(19)6-4-13/h3-6,12H,2,7-11H2,1H3,(H,20,21,22). The monoisotopic (exact) mass is 404 g/mol. The maximum Gasteiger partial charge on any atom is 0.409 e. The zero-order chi connectivity index (χ0) is 20.8. The summed E-state index contributed by atoms with van der Waals surface area (Å²) in [7, 11) is 0. The molecular formula is C18H21FN6O4. The minimum atomic E-state index is -0.528. The van der Waals surface area contributed by atoms with E-state index in [1.54, 1.807) is 28.9 Å². The van der Waals surface area contributed by atoms with Gasteiger partial charge in [-0.25, -0.2) is 19.2 Å². The predicted molar refractivity (Wildman–Crippen MR) is 103 cm³/mol. The number of nitro groups is 1. The van der Waals surface area contributed by atoms with Crippen molar-refractivity contribution in [1.29, 1.82) is 0 Å². The SMILES string of the molecule is CCOC(=O)N1CCN(c2ncnc(NCc3ccc(F)cc3)c2[N+](=O)[O-])CC1. The van der Waals surface area contributed by atoms with Crippen molar-refractivity contribution in [2.45, 2.75) is 13.5 Å². The van der Waals surface area contributed by atoms with Crippen molar-refractivity contribution in [2.24, 2.45) is 0 Å². The van der Waals surface area contributed by atoms with E-state index in [-0.39, 0.29) is 29.7 Å². The highest BCUT2D eigenvalue weighted by atomic mass is 19.1. The van der Waals surface area contributed by atoms with Crippen molar-refractivity contribution < 1.29 is 18.8 Å². The van der Waals surface area contributed by atoms with Gasteiger partial charge in [0.2, 0.25) is 11.6 Å². The number of rotatable bonds is 6. The van der Waals surface area contributed by atoms with E-state index >= 15 is 0 Å². The van der Waals surface area contributed by atoms with Gasteiger partial charge in [0.15, 0.2) is 0 Å². The lowest BCUT2D eigenvalue weighted by Crippen LogP contribution is -2.49. The summed E-state index contributed by atoms with van der Waals surface area (Å²) >= 11 is 0. The average molecular weight is 404 g/mol. The molecule has 1 saturated heterocycles. The molecule has 0 unspecified atom stereocenters. The van der Waals surface area contributed by atoms with Gasteiger partial charge in [0.25, 0.3) is 0 Å². The number of ether oxygens (including phenoxy) is 1. The van der Waals surface area contributed by atoms with Crippen molar-refractivity contribution in [3.8, 4) is 0 Å². The van der Waals surface area contributed by atoms with Crippen LogP contribution >= 0.6 is 0 Å². The Morgan fingerprint density at radius 3 is 2.55 bits per heavy atom. The van der Waals surface area contributed by atoms with E-state index in [1.165, 1.54) is 18.5 Å². The van der Waals surface area contributed by atoms with E-state index in [4.69, 9.17) is 4.74 Å². The van der Waals surface area contributed by atoms with E-state index in [0.717, 1.165) is 5.56 Å². The molecule has 0 radical (unpaired) electrons. The molecule has 10 nitrogen and oxygen atoms in total. The number of anilines is 2. The summed E-state index contributed by atoms with van der Waals surface area (Å²) < 4.78 is 18.0. The van der Waals surface area contributed by atoms with Crippen LogP contribution in [0.4, 0.5) is 26.5 Å². The molecule has 0 aliphatic carbocycles. The Morgan fingerprint density at radius 2 is 1.93 bits per heavy atom. The van der Waals surface area contributed by atoms with Gasteiger partial charge in [0.1, 0.15) is 12.1 Å². The highest BCUT2D eigenvalue weighted by molar-refractivity contribution is 5.71. The number of aromatic nitrogens is 2. The van der Waals surface area contributed by atoms with Gasteiger partial charge in [0, 0.05) is 32.7 Å². The summed E-state index contributed by atoms with van der Waals surface area (Å²) in [6.45, 7) is 3.78. The van der Waals surface area contributed by atoms with Gasteiger partial charge >= 0.3 is 11.8 Å². The molecular weight excluding hydrogens is 383 g/mol. The predicted octanol–water partition coefficient (Wildman–Crippen LogP) is 2.41. The molecule has 2 heterocycles. The van der Waals surface area contributed by atoms with Gasteiger partial charge < -0.3 is 19.9 Å². The van der Waals surface area contributed by atoms with Crippen molar-refractivity contribution in [3.05, 3.63) is 52.1 Å². The molecule has 11 heteroatoms. The number of benzene rings is 1. The second-order valence-corrected chi connectivity index (χ2v) is 6.30. The first-order valence-corrected chi connectivity index (χ1v) is 9.14. The first-order chi connectivity index (χ1) is 14.0. The van der Waals surface area contributed by atoms with E-state index in [2.05, 4.69) is 15.3 Å². The number of hydrogen-bond acceptors (Lipinski definition) is 8. The van der Waals surface area contributed by atoms with Gasteiger partial charge in [-0.3, -0.25) is 10.1 Å². The smallest absolute Gasteiger partial charge is 0.409 e. The van der Waals surface area contributed by atoms with Gasteiger partial charge in [-0.15, -0.1) is 0 Å². The molecule has 1 aromatic carbocycles. The topological polar surface area (TPSA) is 114 Å². The summed E-state index contributed by atoms with van der Waals surface area (Å²) in [6, 6.07) is 5.81. The third-order valence-electron chi connectivity index (χ3n) is 4.46. The lowest BCUT2D eigenvalue weighted by Gasteiger charge is -2.34. The Morgan fingerprint density at radius 1 is 1.24 bits per heavy atom. The van der Waals surface area contributed by atoms with Gasteiger partial charge in [-0.2, -0.15) is 0 Å². The number of halogens is 1. The average Bonchev–Trinajstić information content (AvgIpc) is 2.73. The third kappa shape index (κ3) is 4.86. The van der Waals surface area contributed by atoms with Crippen LogP contribution in [0.25, 0.3) is 0 Å². The molecule has 1 amide bonds. The fourth-order valence-corrected chi connectivity index (χ4v) is 3.00. The Balaban J connectivity index is 1.74. The molecule has 0 bridgehead atoms. The molecule has 0 spiro atoms. The number of amides is 1. The molecule has 154 valence electrons. The normalized spacial score (nSPS) is 13.9. The van der Waals surface area contributed by atoms with Crippen LogP contribution in [-0.2, 0) is 11.3 Å². The van der Waals surface area contributed by atoms with Gasteiger partial charge in [-0.05, 0) is 24.6 Å². The maximum atomic E-state index is 13.0. The van der Waals surface area contributed by atoms with Crippen LogP contribution in [0.15, 0.2) is 30.6 Å². The Bertz CT molecular complexity index is 871. The van der Waals surface area contributed by atoms with Crippen LogP contribution in [-0.4, -0.2) is 58.7 Å². The zero-order valence-corrected chi connectivity index (χ0v) is 15.9. The zero-order valence-electron chi connectivity index (χ0n) is 15.9. The van der Waals surface area contributed by atoms with Crippen LogP contribution < -0.4 is 10.2 Å². The van der Waals surface area contributed by atoms with E-state index in [0.29, 0.717) is 32.8 Å². The summed E-state index contributed by atoms with van der Waals surface area (Å²) in [5.41, 5.74) is 0.517. The number of piperazine rings is 1. The second-order valence-electron chi connectivity index (χ2n) is 6.30. The molecule has 1 N–H and O–H groups in total.